The lowest BCUT2D eigenvalue weighted by atomic mass is 10.3. The minimum Gasteiger partial charge on any atom is -0.494 e. The third-order valence-electron chi connectivity index (χ3n) is 4.46. The molecule has 3 aromatic rings. The molecule has 1 aliphatic heterocycles. The number of benzene rings is 1. The van der Waals surface area contributed by atoms with E-state index in [0.29, 0.717) is 25.3 Å². The molecule has 0 atom stereocenters. The van der Waals surface area contributed by atoms with Crippen LogP contribution in [0.3, 0.4) is 0 Å². The molecule has 9 nitrogen and oxygen atoms in total. The summed E-state index contributed by atoms with van der Waals surface area (Å²) in [5, 5.41) is 15.2. The van der Waals surface area contributed by atoms with Crippen LogP contribution in [0.4, 0.5) is 16.3 Å². The second-order valence-corrected chi connectivity index (χ2v) is 6.19. The van der Waals surface area contributed by atoms with Crippen LogP contribution in [0, 0.1) is 0 Å². The number of carbonyl (C=O) groups excluding carboxylic acids is 1. The minimum atomic E-state index is -0.0963. The molecule has 0 bridgehead atoms. The van der Waals surface area contributed by atoms with Gasteiger partial charge in [0.15, 0.2) is 5.65 Å². The minimum absolute atomic E-state index is 0.0963. The van der Waals surface area contributed by atoms with Crippen LogP contribution in [0.25, 0.3) is 5.65 Å². The highest BCUT2D eigenvalue weighted by atomic mass is 16.5. The number of anilines is 2. The van der Waals surface area contributed by atoms with Crippen LogP contribution in [0.1, 0.15) is 6.92 Å². The zero-order valence-corrected chi connectivity index (χ0v) is 15.1. The van der Waals surface area contributed by atoms with E-state index in [9.17, 15) is 4.79 Å². The lowest BCUT2D eigenvalue weighted by Gasteiger charge is -2.35. The average molecular weight is 367 g/mol. The topological polar surface area (TPSA) is 87.9 Å². The molecule has 140 valence electrons. The molecule has 0 radical (unpaired) electrons. The van der Waals surface area contributed by atoms with Crippen molar-refractivity contribution in [2.45, 2.75) is 6.92 Å². The van der Waals surface area contributed by atoms with Gasteiger partial charge in [-0.15, -0.1) is 15.3 Å². The Hall–Kier alpha value is -3.36. The van der Waals surface area contributed by atoms with Gasteiger partial charge in [-0.3, -0.25) is 0 Å². The smallest absolute Gasteiger partial charge is 0.321 e. The Labute approximate surface area is 156 Å². The Bertz CT molecular complexity index is 917. The van der Waals surface area contributed by atoms with Crippen LogP contribution in [0.5, 0.6) is 5.75 Å². The fourth-order valence-corrected chi connectivity index (χ4v) is 3.03. The summed E-state index contributed by atoms with van der Waals surface area (Å²) in [5.41, 5.74) is 1.47. The first-order valence-electron chi connectivity index (χ1n) is 8.94. The number of carbonyl (C=O) groups is 1. The molecule has 0 spiro atoms. The monoisotopic (exact) mass is 367 g/mol. The number of aromatic nitrogens is 4. The molecule has 9 heteroatoms. The predicted octanol–water partition coefficient (Wildman–Crippen LogP) is 1.88. The number of nitrogens with one attached hydrogen (secondary N) is 1. The molecule has 1 fully saturated rings. The van der Waals surface area contributed by atoms with Crippen molar-refractivity contribution in [1.82, 2.24) is 24.7 Å². The van der Waals surface area contributed by atoms with Crippen molar-refractivity contribution in [3.63, 3.8) is 0 Å². The van der Waals surface area contributed by atoms with Gasteiger partial charge in [-0.25, -0.2) is 4.79 Å². The SMILES string of the molecule is CCOc1ccc(NC(=O)N2CCN(c3ccc4nncn4n3)CC2)cc1. The predicted molar refractivity (Wildman–Crippen MR) is 101 cm³/mol. The standard InChI is InChI=1S/C18H21N7O2/c1-2-27-15-5-3-14(4-6-15)20-18(26)24-11-9-23(10-12-24)17-8-7-16-21-19-13-25(16)22-17/h3-8,13H,2,9-12H2,1H3,(H,20,26). The first-order valence-corrected chi connectivity index (χ1v) is 8.94. The summed E-state index contributed by atoms with van der Waals surface area (Å²) in [6.45, 7) is 5.26. The van der Waals surface area contributed by atoms with Crippen molar-refractivity contribution in [2.24, 2.45) is 0 Å². The number of ether oxygens (including phenoxy) is 1. The number of rotatable bonds is 4. The van der Waals surface area contributed by atoms with Crippen LogP contribution >= 0.6 is 0 Å². The largest absolute Gasteiger partial charge is 0.494 e. The van der Waals surface area contributed by atoms with E-state index in [-0.39, 0.29) is 6.03 Å². The van der Waals surface area contributed by atoms with Crippen LogP contribution in [0.2, 0.25) is 0 Å². The third kappa shape index (κ3) is 3.76. The Kier molecular flexibility index (Phi) is 4.73. The van der Waals surface area contributed by atoms with E-state index in [0.717, 1.165) is 30.3 Å². The molecule has 1 aliphatic rings. The highest BCUT2D eigenvalue weighted by molar-refractivity contribution is 5.89. The summed E-state index contributed by atoms with van der Waals surface area (Å²) < 4.78 is 7.07. The second kappa shape index (κ2) is 7.48. The highest BCUT2D eigenvalue weighted by Crippen LogP contribution is 2.17. The highest BCUT2D eigenvalue weighted by Gasteiger charge is 2.22. The number of fused-ring (bicyclic) bond motifs is 1. The van der Waals surface area contributed by atoms with Crippen molar-refractivity contribution in [1.29, 1.82) is 0 Å². The fraction of sp³-hybridized carbons (Fsp3) is 0.333. The molecular formula is C18H21N7O2. The molecule has 2 amide bonds. The molecule has 0 unspecified atom stereocenters. The Morgan fingerprint density at radius 1 is 1.11 bits per heavy atom. The fourth-order valence-electron chi connectivity index (χ4n) is 3.03. The Morgan fingerprint density at radius 3 is 2.63 bits per heavy atom. The van der Waals surface area contributed by atoms with Gasteiger partial charge in [0.2, 0.25) is 0 Å². The van der Waals surface area contributed by atoms with Crippen molar-refractivity contribution in [2.75, 3.05) is 43.0 Å². The van der Waals surface area contributed by atoms with E-state index < -0.39 is 0 Å². The normalized spacial score (nSPS) is 14.4. The van der Waals surface area contributed by atoms with Crippen molar-refractivity contribution in [3.05, 3.63) is 42.7 Å². The van der Waals surface area contributed by atoms with Gasteiger partial charge in [-0.05, 0) is 43.3 Å². The van der Waals surface area contributed by atoms with E-state index >= 15 is 0 Å². The number of piperazine rings is 1. The summed E-state index contributed by atoms with van der Waals surface area (Å²) in [6, 6.07) is 11.1. The Balaban J connectivity index is 1.33. The van der Waals surface area contributed by atoms with Crippen LogP contribution in [-0.2, 0) is 0 Å². The Morgan fingerprint density at radius 2 is 1.89 bits per heavy atom. The molecule has 1 saturated heterocycles. The molecule has 3 heterocycles. The van der Waals surface area contributed by atoms with E-state index in [1.165, 1.54) is 0 Å². The molecule has 1 N–H and O–H groups in total. The van der Waals surface area contributed by atoms with Gasteiger partial charge in [0.1, 0.15) is 17.9 Å². The molecular weight excluding hydrogens is 346 g/mol. The van der Waals surface area contributed by atoms with E-state index in [4.69, 9.17) is 4.74 Å². The molecule has 0 saturated carbocycles. The van der Waals surface area contributed by atoms with Gasteiger partial charge in [0.25, 0.3) is 0 Å². The van der Waals surface area contributed by atoms with Crippen LogP contribution in [-0.4, -0.2) is 63.5 Å². The summed E-state index contributed by atoms with van der Waals surface area (Å²) >= 11 is 0. The van der Waals surface area contributed by atoms with Gasteiger partial charge in [-0.2, -0.15) is 4.52 Å². The summed E-state index contributed by atoms with van der Waals surface area (Å²) in [6.07, 6.45) is 1.58. The quantitative estimate of drug-likeness (QED) is 0.757. The first kappa shape index (κ1) is 17.1. The second-order valence-electron chi connectivity index (χ2n) is 6.19. The maximum Gasteiger partial charge on any atom is 0.321 e. The van der Waals surface area contributed by atoms with Gasteiger partial charge in [-0.1, -0.05) is 0 Å². The van der Waals surface area contributed by atoms with Crippen LogP contribution < -0.4 is 15.0 Å². The van der Waals surface area contributed by atoms with Crippen molar-refractivity contribution in [3.8, 4) is 5.75 Å². The van der Waals surface area contributed by atoms with E-state index in [2.05, 4.69) is 25.5 Å². The molecule has 0 aliphatic carbocycles. The van der Waals surface area contributed by atoms with Gasteiger partial charge in [0.05, 0.1) is 6.61 Å². The zero-order chi connectivity index (χ0) is 18.6. The number of nitrogens with zero attached hydrogens (tertiary/aromatic N) is 6. The van der Waals surface area contributed by atoms with Gasteiger partial charge in [0, 0.05) is 31.9 Å². The number of hydrogen-bond acceptors (Lipinski definition) is 6. The maximum absolute atomic E-state index is 12.5. The number of hydrogen-bond donors (Lipinski definition) is 1. The number of amides is 2. The average Bonchev–Trinajstić information content (AvgIpc) is 3.17. The van der Waals surface area contributed by atoms with Crippen molar-refractivity contribution < 1.29 is 9.53 Å². The lowest BCUT2D eigenvalue weighted by Crippen LogP contribution is -2.50. The molecule has 27 heavy (non-hydrogen) atoms. The maximum atomic E-state index is 12.5. The lowest BCUT2D eigenvalue weighted by molar-refractivity contribution is 0.208. The van der Waals surface area contributed by atoms with E-state index in [1.54, 1.807) is 10.8 Å². The first-order chi connectivity index (χ1) is 13.2. The third-order valence-corrected chi connectivity index (χ3v) is 4.46. The number of urea groups is 1. The molecule has 2 aromatic heterocycles. The van der Waals surface area contributed by atoms with Crippen LogP contribution in [0.15, 0.2) is 42.7 Å². The summed E-state index contributed by atoms with van der Waals surface area (Å²) in [7, 11) is 0. The zero-order valence-electron chi connectivity index (χ0n) is 15.1. The van der Waals surface area contributed by atoms with Crippen molar-refractivity contribution >= 4 is 23.2 Å². The summed E-state index contributed by atoms with van der Waals surface area (Å²) in [5.74, 6) is 1.65. The molecule has 4 rings (SSSR count). The van der Waals surface area contributed by atoms with Gasteiger partial charge < -0.3 is 19.9 Å². The summed E-state index contributed by atoms with van der Waals surface area (Å²) in [4.78, 5) is 16.5. The van der Waals surface area contributed by atoms with E-state index in [1.807, 2.05) is 48.2 Å². The van der Waals surface area contributed by atoms with Gasteiger partial charge >= 0.3 is 6.03 Å². The molecule has 1 aromatic carbocycles.